The summed E-state index contributed by atoms with van der Waals surface area (Å²) >= 11 is 0. The van der Waals surface area contributed by atoms with E-state index in [9.17, 15) is 14.7 Å². The number of carbonyl (C=O) groups is 2. The van der Waals surface area contributed by atoms with E-state index in [0.29, 0.717) is 6.42 Å². The second-order valence-corrected chi connectivity index (χ2v) is 10.1. The van der Waals surface area contributed by atoms with E-state index in [-0.39, 0.29) is 30.2 Å². The van der Waals surface area contributed by atoms with Gasteiger partial charge in [0.25, 0.3) is 0 Å². The lowest BCUT2D eigenvalue weighted by molar-refractivity contribution is -0.143. The predicted molar refractivity (Wildman–Crippen MR) is 128 cm³/mol. The van der Waals surface area contributed by atoms with Gasteiger partial charge in [0.2, 0.25) is 0 Å². The molecule has 1 saturated heterocycles. The number of nitrogens with zero attached hydrogens (tertiary/aromatic N) is 3. The van der Waals surface area contributed by atoms with Crippen molar-refractivity contribution < 1.29 is 24.2 Å². The molecule has 3 heterocycles. The molecule has 8 heteroatoms. The van der Waals surface area contributed by atoms with Crippen LogP contribution in [0.15, 0.2) is 12.1 Å². The first-order chi connectivity index (χ1) is 16.5. The first kappa shape index (κ1) is 23.1. The third-order valence-corrected chi connectivity index (χ3v) is 7.94. The molecule has 1 amide bonds. The van der Waals surface area contributed by atoms with Crippen LogP contribution >= 0.6 is 0 Å². The molecule has 2 aliphatic heterocycles. The lowest BCUT2D eigenvalue weighted by atomic mass is 9.85. The Labute approximate surface area is 200 Å². The van der Waals surface area contributed by atoms with Crippen molar-refractivity contribution in [2.45, 2.75) is 89.3 Å². The van der Waals surface area contributed by atoms with Crippen LogP contribution in [0.5, 0.6) is 0 Å². The van der Waals surface area contributed by atoms with Crippen LogP contribution in [0.2, 0.25) is 0 Å². The second kappa shape index (κ2) is 9.56. The van der Waals surface area contributed by atoms with E-state index in [1.165, 1.54) is 7.11 Å². The molecule has 34 heavy (non-hydrogen) atoms. The number of carbonyl (C=O) groups excluding carboxylic acids is 1. The lowest BCUT2D eigenvalue weighted by Crippen LogP contribution is -2.42. The summed E-state index contributed by atoms with van der Waals surface area (Å²) in [5.74, 6) is -0.0378. The number of aliphatic carboxylic acids is 1. The standard InChI is InChI=1S/C26H35N3O5/c1-16-9-10-20-21(28(16)26(32)33-2)11-12-22-24(20)27-23(15-19-8-3-4-13-34-19)29(22)18-7-5-6-17(14-18)25(30)31/h11-12,16-19H,3-10,13-15H2,1-2H3,(H,30,31)/t16?,17-,18-,19?/m1/s1. The first-order valence-corrected chi connectivity index (χ1v) is 12.7. The average molecular weight is 470 g/mol. The third kappa shape index (κ3) is 4.17. The number of carboxylic acid groups (broad SMARTS) is 1. The van der Waals surface area contributed by atoms with E-state index < -0.39 is 5.97 Å². The topological polar surface area (TPSA) is 93.9 Å². The summed E-state index contributed by atoms with van der Waals surface area (Å²) in [6, 6.07) is 4.24. The molecule has 1 saturated carbocycles. The minimum Gasteiger partial charge on any atom is -0.481 e. The van der Waals surface area contributed by atoms with Gasteiger partial charge in [-0.1, -0.05) is 6.42 Å². The monoisotopic (exact) mass is 469 g/mol. The van der Waals surface area contributed by atoms with Crippen LogP contribution in [0.3, 0.4) is 0 Å². The molecule has 8 nitrogen and oxygen atoms in total. The number of fused-ring (bicyclic) bond motifs is 3. The molecule has 1 N–H and O–H groups in total. The van der Waals surface area contributed by atoms with Crippen LogP contribution in [-0.4, -0.2) is 52.6 Å². The number of imidazole rings is 1. The summed E-state index contributed by atoms with van der Waals surface area (Å²) in [6.45, 7) is 2.83. The fourth-order valence-corrected chi connectivity index (χ4v) is 6.17. The van der Waals surface area contributed by atoms with Crippen molar-refractivity contribution >= 4 is 28.8 Å². The summed E-state index contributed by atoms with van der Waals surface area (Å²) in [6.07, 6.45) is 8.73. The quantitative estimate of drug-likeness (QED) is 0.687. The molecule has 5 rings (SSSR count). The maximum atomic E-state index is 12.6. The molecule has 1 aromatic heterocycles. The maximum absolute atomic E-state index is 12.6. The fraction of sp³-hybridized carbons (Fsp3) is 0.654. The number of aromatic nitrogens is 2. The highest BCUT2D eigenvalue weighted by atomic mass is 16.5. The Balaban J connectivity index is 1.60. The second-order valence-electron chi connectivity index (χ2n) is 10.1. The van der Waals surface area contributed by atoms with Crippen molar-refractivity contribution in [2.24, 2.45) is 5.92 Å². The Morgan fingerprint density at radius 2 is 2.03 bits per heavy atom. The van der Waals surface area contributed by atoms with Crippen molar-refractivity contribution in [3.05, 3.63) is 23.5 Å². The molecule has 0 spiro atoms. The van der Waals surface area contributed by atoms with Crippen LogP contribution in [0.25, 0.3) is 11.0 Å². The molecule has 2 aromatic rings. The smallest absolute Gasteiger partial charge is 0.414 e. The molecule has 2 unspecified atom stereocenters. The molecule has 0 bridgehead atoms. The van der Waals surface area contributed by atoms with Gasteiger partial charge >= 0.3 is 12.1 Å². The summed E-state index contributed by atoms with van der Waals surface area (Å²) in [7, 11) is 1.42. The van der Waals surface area contributed by atoms with Crippen LogP contribution in [0.4, 0.5) is 10.5 Å². The summed E-state index contributed by atoms with van der Waals surface area (Å²) < 4.78 is 13.4. The Morgan fingerprint density at radius 1 is 1.18 bits per heavy atom. The number of methoxy groups -OCH3 is 1. The average Bonchev–Trinajstić information content (AvgIpc) is 3.22. The van der Waals surface area contributed by atoms with Crippen LogP contribution < -0.4 is 4.90 Å². The van der Waals surface area contributed by atoms with E-state index in [2.05, 4.69) is 10.6 Å². The number of carboxylic acids is 1. The number of rotatable bonds is 4. The number of ether oxygens (including phenoxy) is 2. The Kier molecular flexibility index (Phi) is 6.51. The highest BCUT2D eigenvalue weighted by molar-refractivity contribution is 5.95. The fourth-order valence-electron chi connectivity index (χ4n) is 6.17. The van der Waals surface area contributed by atoms with Gasteiger partial charge in [-0.2, -0.15) is 0 Å². The number of hydrogen-bond acceptors (Lipinski definition) is 5. The van der Waals surface area contributed by atoms with Gasteiger partial charge in [-0.3, -0.25) is 9.69 Å². The van der Waals surface area contributed by atoms with Crippen molar-refractivity contribution in [2.75, 3.05) is 18.6 Å². The van der Waals surface area contributed by atoms with Crippen LogP contribution in [0, 0.1) is 5.92 Å². The predicted octanol–water partition coefficient (Wildman–Crippen LogP) is 4.87. The normalized spacial score (nSPS) is 27.4. The molecule has 2 fully saturated rings. The highest BCUT2D eigenvalue weighted by Crippen LogP contribution is 2.41. The SMILES string of the molecule is COC(=O)N1c2ccc3c(nc(CC4CCCCO4)n3[C@@H]3CCC[C@@H](C(=O)O)C3)c2CCC1C. The van der Waals surface area contributed by atoms with Gasteiger partial charge in [0.05, 0.1) is 35.9 Å². The summed E-state index contributed by atoms with van der Waals surface area (Å²) in [5.41, 5.74) is 3.92. The molecule has 4 atom stereocenters. The molecule has 1 aliphatic carbocycles. The number of benzene rings is 1. The van der Waals surface area contributed by atoms with Crippen molar-refractivity contribution in [3.8, 4) is 0 Å². The van der Waals surface area contributed by atoms with E-state index in [4.69, 9.17) is 14.5 Å². The Hall–Kier alpha value is -2.61. The highest BCUT2D eigenvalue weighted by Gasteiger charge is 2.34. The summed E-state index contributed by atoms with van der Waals surface area (Å²) in [5, 5.41) is 9.69. The summed E-state index contributed by atoms with van der Waals surface area (Å²) in [4.78, 5) is 31.3. The van der Waals surface area contributed by atoms with Crippen LogP contribution in [0.1, 0.15) is 75.7 Å². The largest absolute Gasteiger partial charge is 0.481 e. The maximum Gasteiger partial charge on any atom is 0.414 e. The van der Waals surface area contributed by atoms with Gasteiger partial charge in [-0.25, -0.2) is 9.78 Å². The van der Waals surface area contributed by atoms with Gasteiger partial charge in [0.15, 0.2) is 0 Å². The number of anilines is 1. The zero-order chi connectivity index (χ0) is 23.8. The number of hydrogen-bond donors (Lipinski definition) is 1. The minimum atomic E-state index is -0.702. The lowest BCUT2D eigenvalue weighted by Gasteiger charge is -2.34. The third-order valence-electron chi connectivity index (χ3n) is 7.94. The zero-order valence-corrected chi connectivity index (χ0v) is 20.2. The Morgan fingerprint density at radius 3 is 2.76 bits per heavy atom. The van der Waals surface area contributed by atoms with Crippen LogP contribution in [-0.2, 0) is 27.1 Å². The molecular formula is C26H35N3O5. The van der Waals surface area contributed by atoms with Gasteiger partial charge in [0, 0.05) is 30.7 Å². The molecule has 3 aliphatic rings. The number of amides is 1. The van der Waals surface area contributed by atoms with E-state index in [1.54, 1.807) is 4.90 Å². The minimum absolute atomic E-state index is 0.0595. The van der Waals surface area contributed by atoms with E-state index >= 15 is 0 Å². The van der Waals surface area contributed by atoms with Gasteiger partial charge in [0.1, 0.15) is 5.82 Å². The van der Waals surface area contributed by atoms with E-state index in [1.807, 2.05) is 13.0 Å². The molecule has 184 valence electrons. The van der Waals surface area contributed by atoms with Gasteiger partial charge < -0.3 is 19.1 Å². The number of aryl methyl sites for hydroxylation is 1. The molecule has 0 radical (unpaired) electrons. The van der Waals surface area contributed by atoms with Gasteiger partial charge in [-0.05, 0) is 70.4 Å². The van der Waals surface area contributed by atoms with E-state index in [0.717, 1.165) is 92.5 Å². The van der Waals surface area contributed by atoms with Crippen molar-refractivity contribution in [3.63, 3.8) is 0 Å². The first-order valence-electron chi connectivity index (χ1n) is 12.7. The van der Waals surface area contributed by atoms with Gasteiger partial charge in [-0.15, -0.1) is 0 Å². The Bertz CT molecular complexity index is 1070. The van der Waals surface area contributed by atoms with Crippen molar-refractivity contribution in [1.29, 1.82) is 0 Å². The van der Waals surface area contributed by atoms with Crippen molar-refractivity contribution in [1.82, 2.24) is 9.55 Å². The zero-order valence-electron chi connectivity index (χ0n) is 20.2. The molecular weight excluding hydrogens is 434 g/mol. The molecule has 1 aromatic carbocycles.